The molecule has 134 valence electrons. The SMILES string of the molecule is Clc1ccc(CN2CCN(/N=C\c3c(Cl)nc4ccccn34)CC2)cc1. The highest BCUT2D eigenvalue weighted by atomic mass is 35.5. The van der Waals surface area contributed by atoms with E-state index < -0.39 is 0 Å². The highest BCUT2D eigenvalue weighted by Crippen LogP contribution is 2.16. The topological polar surface area (TPSA) is 36.1 Å². The van der Waals surface area contributed by atoms with Crippen molar-refractivity contribution in [3.8, 4) is 0 Å². The van der Waals surface area contributed by atoms with E-state index in [4.69, 9.17) is 23.2 Å². The van der Waals surface area contributed by atoms with Crippen LogP contribution in [0, 0.1) is 0 Å². The van der Waals surface area contributed by atoms with Crippen molar-refractivity contribution >= 4 is 35.1 Å². The molecule has 0 radical (unpaired) electrons. The Morgan fingerprint density at radius 3 is 2.54 bits per heavy atom. The van der Waals surface area contributed by atoms with Gasteiger partial charge in [0, 0.05) is 43.9 Å². The molecule has 1 aromatic carbocycles. The molecule has 26 heavy (non-hydrogen) atoms. The van der Waals surface area contributed by atoms with E-state index in [2.05, 4.69) is 32.1 Å². The van der Waals surface area contributed by atoms with E-state index in [1.54, 1.807) is 6.21 Å². The van der Waals surface area contributed by atoms with Crippen LogP contribution in [0.3, 0.4) is 0 Å². The molecule has 1 aliphatic rings. The maximum atomic E-state index is 6.25. The van der Waals surface area contributed by atoms with E-state index in [9.17, 15) is 0 Å². The molecular weight excluding hydrogens is 369 g/mol. The van der Waals surface area contributed by atoms with Gasteiger partial charge in [0.2, 0.25) is 0 Å². The van der Waals surface area contributed by atoms with Gasteiger partial charge >= 0.3 is 0 Å². The monoisotopic (exact) mass is 387 g/mol. The standard InChI is InChI=1S/C19H19Cl2N5/c20-16-6-4-15(5-7-16)14-24-9-11-25(12-10-24)22-13-17-19(21)23-18-3-1-2-8-26(17)18/h1-8,13H,9-12,14H2/b22-13-. The highest BCUT2D eigenvalue weighted by Gasteiger charge is 2.16. The Kier molecular flexibility index (Phi) is 5.11. The molecule has 2 aromatic heterocycles. The third-order valence-corrected chi connectivity index (χ3v) is 5.06. The molecule has 5 nitrogen and oxygen atoms in total. The van der Waals surface area contributed by atoms with Crippen LogP contribution in [0.1, 0.15) is 11.3 Å². The molecule has 0 N–H and O–H groups in total. The van der Waals surface area contributed by atoms with Crippen molar-refractivity contribution in [1.29, 1.82) is 0 Å². The van der Waals surface area contributed by atoms with Crippen LogP contribution in [0.2, 0.25) is 10.2 Å². The fraction of sp³-hybridized carbons (Fsp3) is 0.263. The van der Waals surface area contributed by atoms with Gasteiger partial charge in [0.05, 0.1) is 6.21 Å². The summed E-state index contributed by atoms with van der Waals surface area (Å²) in [6.45, 7) is 4.66. The largest absolute Gasteiger partial charge is 0.297 e. The number of halogens is 2. The lowest BCUT2D eigenvalue weighted by Crippen LogP contribution is -2.43. The summed E-state index contributed by atoms with van der Waals surface area (Å²) >= 11 is 12.2. The Balaban J connectivity index is 1.36. The quantitative estimate of drug-likeness (QED) is 0.638. The normalized spacial score (nSPS) is 16.0. The van der Waals surface area contributed by atoms with Crippen molar-refractivity contribution in [1.82, 2.24) is 19.3 Å². The molecule has 0 aliphatic carbocycles. The summed E-state index contributed by atoms with van der Waals surface area (Å²) in [6.07, 6.45) is 3.75. The first-order chi connectivity index (χ1) is 12.7. The predicted octanol–water partition coefficient (Wildman–Crippen LogP) is 3.79. The Morgan fingerprint density at radius 2 is 1.77 bits per heavy atom. The first-order valence-corrected chi connectivity index (χ1v) is 9.33. The molecule has 0 bridgehead atoms. The van der Waals surface area contributed by atoms with Gasteiger partial charge in [-0.2, -0.15) is 5.10 Å². The maximum Gasteiger partial charge on any atom is 0.157 e. The van der Waals surface area contributed by atoms with Gasteiger partial charge in [0.1, 0.15) is 11.3 Å². The smallest absolute Gasteiger partial charge is 0.157 e. The zero-order valence-electron chi connectivity index (χ0n) is 14.2. The maximum absolute atomic E-state index is 6.25. The van der Waals surface area contributed by atoms with E-state index in [1.807, 2.05) is 40.9 Å². The van der Waals surface area contributed by atoms with E-state index >= 15 is 0 Å². The molecule has 4 rings (SSSR count). The molecule has 1 saturated heterocycles. The third kappa shape index (κ3) is 3.85. The number of hydrogen-bond donors (Lipinski definition) is 0. The summed E-state index contributed by atoms with van der Waals surface area (Å²) in [6, 6.07) is 13.9. The minimum Gasteiger partial charge on any atom is -0.297 e. The lowest BCUT2D eigenvalue weighted by Gasteiger charge is -2.33. The number of nitrogens with zero attached hydrogens (tertiary/aromatic N) is 5. The van der Waals surface area contributed by atoms with E-state index in [0.717, 1.165) is 49.1 Å². The number of benzene rings is 1. The number of hydrazone groups is 1. The van der Waals surface area contributed by atoms with E-state index in [0.29, 0.717) is 5.15 Å². The third-order valence-electron chi connectivity index (χ3n) is 4.53. The summed E-state index contributed by atoms with van der Waals surface area (Å²) in [5.41, 5.74) is 2.92. The van der Waals surface area contributed by atoms with Gasteiger partial charge in [-0.3, -0.25) is 14.3 Å². The summed E-state index contributed by atoms with van der Waals surface area (Å²) in [4.78, 5) is 6.77. The van der Waals surface area contributed by atoms with Gasteiger partial charge in [-0.1, -0.05) is 41.4 Å². The van der Waals surface area contributed by atoms with Crippen molar-refractivity contribution in [3.63, 3.8) is 0 Å². The van der Waals surface area contributed by atoms with Gasteiger partial charge in [0.25, 0.3) is 0 Å². The van der Waals surface area contributed by atoms with Crippen molar-refractivity contribution in [2.45, 2.75) is 6.54 Å². The number of pyridine rings is 1. The Hall–Kier alpha value is -2.08. The van der Waals surface area contributed by atoms with Crippen molar-refractivity contribution in [2.75, 3.05) is 26.2 Å². The fourth-order valence-corrected chi connectivity index (χ4v) is 3.45. The van der Waals surface area contributed by atoms with Crippen LogP contribution in [-0.4, -0.2) is 51.7 Å². The van der Waals surface area contributed by atoms with E-state index in [-0.39, 0.29) is 0 Å². The highest BCUT2D eigenvalue weighted by molar-refractivity contribution is 6.32. The van der Waals surface area contributed by atoms with Crippen molar-refractivity contribution < 1.29 is 0 Å². The molecule has 0 unspecified atom stereocenters. The van der Waals surface area contributed by atoms with Crippen LogP contribution in [0.5, 0.6) is 0 Å². The summed E-state index contributed by atoms with van der Waals surface area (Å²) < 4.78 is 1.95. The summed E-state index contributed by atoms with van der Waals surface area (Å²) in [5.74, 6) is 0. The van der Waals surface area contributed by atoms with Crippen LogP contribution < -0.4 is 0 Å². The first-order valence-electron chi connectivity index (χ1n) is 8.57. The van der Waals surface area contributed by atoms with Crippen LogP contribution in [-0.2, 0) is 6.54 Å². The number of piperazine rings is 1. The van der Waals surface area contributed by atoms with Crippen LogP contribution in [0.4, 0.5) is 0 Å². The number of aromatic nitrogens is 2. The molecule has 0 amide bonds. The van der Waals surface area contributed by atoms with Gasteiger partial charge in [-0.05, 0) is 29.8 Å². The van der Waals surface area contributed by atoms with Crippen molar-refractivity contribution in [3.05, 3.63) is 70.1 Å². The van der Waals surface area contributed by atoms with Crippen LogP contribution >= 0.6 is 23.2 Å². The van der Waals surface area contributed by atoms with Crippen molar-refractivity contribution in [2.24, 2.45) is 5.10 Å². The lowest BCUT2D eigenvalue weighted by atomic mass is 10.2. The predicted molar refractivity (Wildman–Crippen MR) is 106 cm³/mol. The molecule has 1 aliphatic heterocycles. The van der Waals surface area contributed by atoms with Gasteiger partial charge in [-0.25, -0.2) is 4.98 Å². The fourth-order valence-electron chi connectivity index (χ4n) is 3.10. The molecule has 0 saturated carbocycles. The molecule has 0 spiro atoms. The molecule has 7 heteroatoms. The molecule has 1 fully saturated rings. The lowest BCUT2D eigenvalue weighted by molar-refractivity contribution is 0.131. The average molecular weight is 388 g/mol. The van der Waals surface area contributed by atoms with Crippen LogP contribution in [0.15, 0.2) is 53.8 Å². The van der Waals surface area contributed by atoms with E-state index in [1.165, 1.54) is 5.56 Å². The number of rotatable bonds is 4. The molecule has 3 heterocycles. The molecular formula is C19H19Cl2N5. The van der Waals surface area contributed by atoms with Gasteiger partial charge < -0.3 is 0 Å². The summed E-state index contributed by atoms with van der Waals surface area (Å²) in [7, 11) is 0. The van der Waals surface area contributed by atoms with Crippen LogP contribution in [0.25, 0.3) is 5.65 Å². The number of fused-ring (bicyclic) bond motifs is 1. The average Bonchev–Trinajstić information content (AvgIpc) is 2.98. The minimum absolute atomic E-state index is 0.473. The summed E-state index contributed by atoms with van der Waals surface area (Å²) in [5, 5.41) is 7.94. The zero-order valence-corrected chi connectivity index (χ0v) is 15.7. The number of hydrogen-bond acceptors (Lipinski definition) is 4. The minimum atomic E-state index is 0.473. The second kappa shape index (κ2) is 7.66. The Labute approximate surface area is 162 Å². The van der Waals surface area contributed by atoms with Gasteiger partial charge in [-0.15, -0.1) is 0 Å². The zero-order chi connectivity index (χ0) is 17.9. The molecule has 3 aromatic rings. The first kappa shape index (κ1) is 17.3. The Morgan fingerprint density at radius 1 is 1.00 bits per heavy atom. The Bertz CT molecular complexity index is 911. The second-order valence-electron chi connectivity index (χ2n) is 6.32. The second-order valence-corrected chi connectivity index (χ2v) is 7.11. The number of imidazole rings is 1. The van der Waals surface area contributed by atoms with Gasteiger partial charge in [0.15, 0.2) is 5.15 Å². The molecule has 0 atom stereocenters.